The van der Waals surface area contributed by atoms with Crippen molar-refractivity contribution in [2.45, 2.75) is 59.3 Å². The third kappa shape index (κ3) is 8.52. The van der Waals surface area contributed by atoms with Crippen LogP contribution in [-0.4, -0.2) is 7.05 Å². The quantitative estimate of drug-likeness (QED) is 0.107. The third-order valence-electron chi connectivity index (χ3n) is 8.58. The molecule has 0 fully saturated rings. The molecule has 0 saturated heterocycles. The average molecular weight is 592 g/mol. The number of benzene rings is 4. The topological polar surface area (TPSA) is 12.0 Å². The summed E-state index contributed by atoms with van der Waals surface area (Å²) in [5, 5.41) is 5.93. The highest BCUT2D eigenvalue weighted by atomic mass is 14.8. The maximum atomic E-state index is 3.92. The fourth-order valence-corrected chi connectivity index (χ4v) is 6.06. The number of anilines is 1. The van der Waals surface area contributed by atoms with E-state index in [1.165, 1.54) is 81.0 Å². The lowest BCUT2D eigenvalue weighted by molar-refractivity contribution is 0.667. The summed E-state index contributed by atoms with van der Waals surface area (Å²) in [6, 6.07) is 28.8. The zero-order valence-corrected chi connectivity index (χ0v) is 27.7. The summed E-state index contributed by atoms with van der Waals surface area (Å²) < 4.78 is 0. The lowest BCUT2D eigenvalue weighted by Gasteiger charge is -2.23. The molecule has 0 aliphatic carbocycles. The summed E-state index contributed by atoms with van der Waals surface area (Å²) >= 11 is 0. The van der Waals surface area contributed by atoms with Crippen molar-refractivity contribution in [1.29, 1.82) is 0 Å². The number of allylic oxidation sites excluding steroid dienone is 9. The van der Waals surface area contributed by atoms with Crippen molar-refractivity contribution in [2.24, 2.45) is 0 Å². The van der Waals surface area contributed by atoms with Gasteiger partial charge >= 0.3 is 0 Å². The van der Waals surface area contributed by atoms with E-state index in [0.717, 1.165) is 24.1 Å². The molecule has 0 amide bonds. The highest BCUT2D eigenvalue weighted by Crippen LogP contribution is 2.41. The largest absolute Gasteiger partial charge is 0.388 e. The van der Waals surface area contributed by atoms with Gasteiger partial charge in [0.1, 0.15) is 0 Å². The number of hydrogen-bond acceptors (Lipinski definition) is 1. The van der Waals surface area contributed by atoms with E-state index >= 15 is 0 Å². The molecule has 0 atom stereocenters. The Balaban J connectivity index is 1.92. The summed E-state index contributed by atoms with van der Waals surface area (Å²) in [5.41, 5.74) is 12.7. The minimum Gasteiger partial charge on any atom is -0.388 e. The molecular weight excluding hydrogens is 542 g/mol. The molecule has 45 heavy (non-hydrogen) atoms. The highest BCUT2D eigenvalue weighted by Gasteiger charge is 2.20. The molecule has 1 nitrogen and oxygen atoms in total. The van der Waals surface area contributed by atoms with Gasteiger partial charge in [-0.05, 0) is 112 Å². The Labute approximate surface area is 272 Å². The first-order valence-corrected chi connectivity index (χ1v) is 16.4. The maximum absolute atomic E-state index is 3.92. The zero-order valence-electron chi connectivity index (χ0n) is 27.7. The minimum atomic E-state index is 0.819. The van der Waals surface area contributed by atoms with Crippen LogP contribution < -0.4 is 5.32 Å². The minimum absolute atomic E-state index is 0.819. The van der Waals surface area contributed by atoms with Gasteiger partial charge in [0, 0.05) is 12.7 Å². The molecule has 0 radical (unpaired) electrons. The van der Waals surface area contributed by atoms with Gasteiger partial charge in [-0.3, -0.25) is 0 Å². The number of fused-ring (bicyclic) bond motifs is 1. The van der Waals surface area contributed by atoms with Gasteiger partial charge in [-0.25, -0.2) is 0 Å². The van der Waals surface area contributed by atoms with Gasteiger partial charge in [-0.15, -0.1) is 0 Å². The summed E-state index contributed by atoms with van der Waals surface area (Å²) in [7, 11) is 1.99. The molecule has 0 aliphatic heterocycles. The Morgan fingerprint density at radius 1 is 0.867 bits per heavy atom. The number of rotatable bonds is 15. The van der Waals surface area contributed by atoms with Crippen molar-refractivity contribution >= 4 is 33.7 Å². The lowest BCUT2D eigenvalue weighted by Crippen LogP contribution is -2.02. The second-order valence-corrected chi connectivity index (χ2v) is 11.6. The van der Waals surface area contributed by atoms with Crippen molar-refractivity contribution < 1.29 is 0 Å². The molecule has 4 aromatic rings. The number of unbranched alkanes of at least 4 members (excludes halogenated alkanes) is 3. The Kier molecular flexibility index (Phi) is 12.6. The maximum Gasteiger partial charge on any atom is 0.0343 e. The van der Waals surface area contributed by atoms with Gasteiger partial charge < -0.3 is 5.32 Å². The van der Waals surface area contributed by atoms with Crippen molar-refractivity contribution in [3.05, 3.63) is 156 Å². The molecule has 0 aromatic heterocycles. The molecule has 4 rings (SSSR count). The summed E-state index contributed by atoms with van der Waals surface area (Å²) in [6.45, 7) is 14.5. The van der Waals surface area contributed by atoms with Gasteiger partial charge in [0.05, 0.1) is 0 Å². The Morgan fingerprint density at radius 2 is 1.67 bits per heavy atom. The predicted molar refractivity (Wildman–Crippen MR) is 203 cm³/mol. The third-order valence-corrected chi connectivity index (χ3v) is 8.58. The number of hydrogen-bond donors (Lipinski definition) is 1. The molecule has 0 aliphatic rings. The van der Waals surface area contributed by atoms with Crippen molar-refractivity contribution in [3.63, 3.8) is 0 Å². The van der Waals surface area contributed by atoms with Crippen LogP contribution in [0.1, 0.15) is 75.1 Å². The van der Waals surface area contributed by atoms with Crippen LogP contribution in [0.2, 0.25) is 0 Å². The van der Waals surface area contributed by atoms with E-state index in [1.54, 1.807) is 0 Å². The lowest BCUT2D eigenvalue weighted by atomic mass is 9.81. The molecular formula is C44H49N. The zero-order chi connectivity index (χ0) is 32.0. The van der Waals surface area contributed by atoms with E-state index in [9.17, 15) is 0 Å². The van der Waals surface area contributed by atoms with Crippen LogP contribution in [0.4, 0.5) is 5.69 Å². The van der Waals surface area contributed by atoms with Crippen molar-refractivity contribution in [2.75, 3.05) is 12.4 Å². The Morgan fingerprint density at radius 3 is 2.38 bits per heavy atom. The van der Waals surface area contributed by atoms with Crippen molar-refractivity contribution in [1.82, 2.24) is 0 Å². The molecule has 1 heteroatoms. The molecule has 1 N–H and O–H groups in total. The average Bonchev–Trinajstić information content (AvgIpc) is 3.09. The molecule has 0 unspecified atom stereocenters. The highest BCUT2D eigenvalue weighted by molar-refractivity contribution is 6.02. The second kappa shape index (κ2) is 17.0. The standard InChI is InChI=1S/C44H49N/c1-7-11-13-15-24-42-43(37-21-18-22-39(31-37)45-6)32-38-20-16-17-23-41(38)44(42)40(10-4)36(19-14-12-8-2)28-25-33(5)35-29-26-34(9-3)27-30-35/h8-10,12,14,16-23,25-27,29-32,45H,2-3,7,11,13,15,24,28H2,1,4-6H3/b14-12-,33-25+,36-19+,40-10-. The van der Waals surface area contributed by atoms with E-state index in [4.69, 9.17) is 0 Å². The number of nitrogens with one attached hydrogen (secondary N) is 1. The van der Waals surface area contributed by atoms with Crippen LogP contribution in [0, 0.1) is 0 Å². The van der Waals surface area contributed by atoms with Crippen LogP contribution >= 0.6 is 0 Å². The molecule has 4 aromatic carbocycles. The van der Waals surface area contributed by atoms with Crippen LogP contribution in [0.5, 0.6) is 0 Å². The first kappa shape index (κ1) is 33.3. The molecule has 0 spiro atoms. The van der Waals surface area contributed by atoms with Crippen LogP contribution in [0.15, 0.2) is 134 Å². The Bertz CT molecular complexity index is 1720. The van der Waals surface area contributed by atoms with Gasteiger partial charge in [-0.1, -0.05) is 143 Å². The van der Waals surface area contributed by atoms with E-state index in [1.807, 2.05) is 25.3 Å². The molecule has 0 bridgehead atoms. The predicted octanol–water partition coefficient (Wildman–Crippen LogP) is 12.9. The molecule has 0 heterocycles. The second-order valence-electron chi connectivity index (χ2n) is 11.6. The first-order valence-electron chi connectivity index (χ1n) is 16.4. The van der Waals surface area contributed by atoms with E-state index in [-0.39, 0.29) is 0 Å². The van der Waals surface area contributed by atoms with Gasteiger partial charge in [0.15, 0.2) is 0 Å². The summed E-state index contributed by atoms with van der Waals surface area (Å²) in [4.78, 5) is 0. The molecule has 0 saturated carbocycles. The monoisotopic (exact) mass is 591 g/mol. The van der Waals surface area contributed by atoms with Crippen LogP contribution in [-0.2, 0) is 6.42 Å². The normalized spacial score (nSPS) is 12.6. The molecule has 230 valence electrons. The van der Waals surface area contributed by atoms with E-state index in [0.29, 0.717) is 0 Å². The van der Waals surface area contributed by atoms with Crippen molar-refractivity contribution in [3.8, 4) is 11.1 Å². The Hall–Kier alpha value is -4.62. The fourth-order valence-electron chi connectivity index (χ4n) is 6.06. The van der Waals surface area contributed by atoms with Crippen LogP contribution in [0.3, 0.4) is 0 Å². The first-order chi connectivity index (χ1) is 22.0. The van der Waals surface area contributed by atoms with E-state index < -0.39 is 0 Å². The van der Waals surface area contributed by atoms with Gasteiger partial charge in [0.25, 0.3) is 0 Å². The van der Waals surface area contributed by atoms with Gasteiger partial charge in [0.2, 0.25) is 0 Å². The fraction of sp³-hybridized carbons (Fsp3) is 0.227. The summed E-state index contributed by atoms with van der Waals surface area (Å²) in [5.74, 6) is 0. The smallest absolute Gasteiger partial charge is 0.0343 e. The SMILES string of the molecule is C=C\C=C/C=C(C/C=C(\C)c1ccc(C=C)cc1)/C(=C/C)c1c(CCCCCC)c(-c2cccc(NC)c2)cc2ccccc12. The van der Waals surface area contributed by atoms with Gasteiger partial charge in [-0.2, -0.15) is 0 Å². The van der Waals surface area contributed by atoms with Crippen LogP contribution in [0.25, 0.3) is 39.1 Å². The summed E-state index contributed by atoms with van der Waals surface area (Å²) in [6.07, 6.45) is 21.6. The van der Waals surface area contributed by atoms with E-state index in [2.05, 4.69) is 142 Å².